The molecule has 5 rings (SSSR count). The SMILES string of the molecule is Cc1ccc(NC(=O)COC(=O)c2c3c(nc4ccccc24)CCN(Cc2ccccc2)C3)cc1C. The number of carbonyl (C=O) groups is 2. The number of aromatic nitrogens is 1. The van der Waals surface area contributed by atoms with Gasteiger partial charge in [0.1, 0.15) is 0 Å². The summed E-state index contributed by atoms with van der Waals surface area (Å²) in [6.45, 7) is 5.90. The first-order chi connectivity index (χ1) is 17.5. The van der Waals surface area contributed by atoms with Crippen molar-refractivity contribution in [1.82, 2.24) is 9.88 Å². The number of hydrogen-bond acceptors (Lipinski definition) is 5. The number of aryl methyl sites for hydroxylation is 2. The van der Waals surface area contributed by atoms with Gasteiger partial charge in [-0.25, -0.2) is 4.79 Å². The van der Waals surface area contributed by atoms with Crippen LogP contribution in [0.2, 0.25) is 0 Å². The third kappa shape index (κ3) is 5.14. The number of amides is 1. The molecule has 0 radical (unpaired) electrons. The molecule has 0 saturated carbocycles. The van der Waals surface area contributed by atoms with Crippen LogP contribution in [0.1, 0.15) is 38.3 Å². The Bertz CT molecular complexity index is 1430. The number of benzene rings is 3. The standard InChI is InChI=1S/C30H29N3O3/c1-20-12-13-23(16-21(20)2)31-28(34)19-36-30(35)29-24-10-6-7-11-26(24)32-27-14-15-33(18-25(27)29)17-22-8-4-3-5-9-22/h3-13,16H,14-15,17-19H2,1-2H3,(H,31,34). The Morgan fingerprint density at radius 3 is 2.56 bits per heavy atom. The monoisotopic (exact) mass is 479 g/mol. The van der Waals surface area contributed by atoms with Gasteiger partial charge in [-0.15, -0.1) is 0 Å². The molecule has 0 saturated heterocycles. The Labute approximate surface area is 210 Å². The minimum absolute atomic E-state index is 0.356. The van der Waals surface area contributed by atoms with Gasteiger partial charge in [-0.3, -0.25) is 14.7 Å². The number of rotatable bonds is 6. The number of pyridine rings is 1. The first kappa shape index (κ1) is 23.7. The van der Waals surface area contributed by atoms with Crippen LogP contribution in [0.3, 0.4) is 0 Å². The van der Waals surface area contributed by atoms with Crippen LogP contribution in [0.5, 0.6) is 0 Å². The van der Waals surface area contributed by atoms with Crippen LogP contribution in [0.4, 0.5) is 5.69 Å². The van der Waals surface area contributed by atoms with Gasteiger partial charge in [0.15, 0.2) is 6.61 Å². The van der Waals surface area contributed by atoms with E-state index < -0.39 is 5.97 Å². The summed E-state index contributed by atoms with van der Waals surface area (Å²) in [7, 11) is 0. The predicted octanol–water partition coefficient (Wildman–Crippen LogP) is 5.21. The van der Waals surface area contributed by atoms with Crippen molar-refractivity contribution in [2.24, 2.45) is 0 Å². The second-order valence-corrected chi connectivity index (χ2v) is 9.30. The summed E-state index contributed by atoms with van der Waals surface area (Å²) < 4.78 is 5.55. The summed E-state index contributed by atoms with van der Waals surface area (Å²) in [6.07, 6.45) is 0.751. The molecule has 0 aliphatic carbocycles. The van der Waals surface area contributed by atoms with Crippen LogP contribution in [0.15, 0.2) is 72.8 Å². The summed E-state index contributed by atoms with van der Waals surface area (Å²) in [5.41, 5.74) is 7.21. The molecule has 6 heteroatoms. The third-order valence-corrected chi connectivity index (χ3v) is 6.70. The third-order valence-electron chi connectivity index (χ3n) is 6.70. The van der Waals surface area contributed by atoms with Crippen LogP contribution >= 0.6 is 0 Å². The summed E-state index contributed by atoms with van der Waals surface area (Å²) in [5.74, 6) is -0.869. The van der Waals surface area contributed by atoms with Crippen molar-refractivity contribution in [1.29, 1.82) is 0 Å². The summed E-state index contributed by atoms with van der Waals surface area (Å²) in [6, 6.07) is 23.6. The molecule has 0 atom stereocenters. The zero-order valence-corrected chi connectivity index (χ0v) is 20.6. The maximum absolute atomic E-state index is 13.4. The highest BCUT2D eigenvalue weighted by atomic mass is 16.5. The van der Waals surface area contributed by atoms with Gasteiger partial charge in [-0.2, -0.15) is 0 Å². The molecule has 1 aliphatic rings. The Balaban J connectivity index is 1.37. The largest absolute Gasteiger partial charge is 0.452 e. The minimum Gasteiger partial charge on any atom is -0.452 e. The molecule has 36 heavy (non-hydrogen) atoms. The van der Waals surface area contributed by atoms with E-state index in [2.05, 4.69) is 22.3 Å². The number of esters is 1. The molecule has 3 aromatic carbocycles. The normalized spacial score (nSPS) is 13.3. The van der Waals surface area contributed by atoms with Gasteiger partial charge in [-0.1, -0.05) is 54.6 Å². The second kappa shape index (κ2) is 10.3. The van der Waals surface area contributed by atoms with E-state index in [1.807, 2.05) is 74.5 Å². The van der Waals surface area contributed by atoms with Crippen LogP contribution < -0.4 is 5.32 Å². The molecular weight excluding hydrogens is 450 g/mol. The van der Waals surface area contributed by atoms with Crippen molar-refractivity contribution in [2.45, 2.75) is 33.4 Å². The van der Waals surface area contributed by atoms with Crippen molar-refractivity contribution in [3.05, 3.63) is 106 Å². The van der Waals surface area contributed by atoms with Crippen LogP contribution in [-0.2, 0) is 29.0 Å². The summed E-state index contributed by atoms with van der Waals surface area (Å²) in [5, 5.41) is 3.56. The fourth-order valence-electron chi connectivity index (χ4n) is 4.68. The topological polar surface area (TPSA) is 71.5 Å². The Morgan fingerprint density at radius 2 is 1.75 bits per heavy atom. The van der Waals surface area contributed by atoms with E-state index in [-0.39, 0.29) is 12.5 Å². The molecule has 1 N–H and O–H groups in total. The summed E-state index contributed by atoms with van der Waals surface area (Å²) >= 11 is 0. The van der Waals surface area contributed by atoms with Gasteiger partial charge >= 0.3 is 5.97 Å². The van der Waals surface area contributed by atoms with Gasteiger partial charge in [0.25, 0.3) is 5.91 Å². The smallest absolute Gasteiger partial charge is 0.339 e. The summed E-state index contributed by atoms with van der Waals surface area (Å²) in [4.78, 5) is 33.1. The van der Waals surface area contributed by atoms with E-state index in [1.165, 1.54) is 5.56 Å². The molecule has 0 bridgehead atoms. The lowest BCUT2D eigenvalue weighted by Crippen LogP contribution is -2.32. The zero-order chi connectivity index (χ0) is 25.1. The van der Waals surface area contributed by atoms with Crippen LogP contribution in [0, 0.1) is 13.8 Å². The predicted molar refractivity (Wildman–Crippen MR) is 141 cm³/mol. The van der Waals surface area contributed by atoms with E-state index in [0.717, 1.165) is 52.8 Å². The quantitative estimate of drug-likeness (QED) is 0.385. The average molecular weight is 480 g/mol. The number of nitrogens with zero attached hydrogens (tertiary/aromatic N) is 2. The van der Waals surface area contributed by atoms with Crippen LogP contribution in [0.25, 0.3) is 10.9 Å². The number of carbonyl (C=O) groups excluding carboxylic acids is 2. The maximum atomic E-state index is 13.4. The van der Waals surface area contributed by atoms with Gasteiger partial charge in [-0.05, 0) is 48.7 Å². The van der Waals surface area contributed by atoms with Gasteiger partial charge in [0.05, 0.1) is 11.1 Å². The van der Waals surface area contributed by atoms with E-state index in [4.69, 9.17) is 9.72 Å². The van der Waals surface area contributed by atoms with E-state index in [9.17, 15) is 9.59 Å². The number of para-hydroxylation sites is 1. The molecule has 2 heterocycles. The molecule has 182 valence electrons. The molecule has 1 aromatic heterocycles. The van der Waals surface area contributed by atoms with E-state index >= 15 is 0 Å². The van der Waals surface area contributed by atoms with Crippen molar-refractivity contribution < 1.29 is 14.3 Å². The molecule has 4 aromatic rings. The Kier molecular flexibility index (Phi) is 6.78. The van der Waals surface area contributed by atoms with Gasteiger partial charge in [0.2, 0.25) is 0 Å². The second-order valence-electron chi connectivity index (χ2n) is 9.30. The van der Waals surface area contributed by atoms with Crippen LogP contribution in [-0.4, -0.2) is 34.9 Å². The van der Waals surface area contributed by atoms with Gasteiger partial charge < -0.3 is 10.1 Å². The highest BCUT2D eigenvalue weighted by Crippen LogP contribution is 2.29. The molecular formula is C30H29N3O3. The molecule has 6 nitrogen and oxygen atoms in total. The first-order valence-electron chi connectivity index (χ1n) is 12.2. The number of ether oxygens (including phenoxy) is 1. The van der Waals surface area contributed by atoms with Gasteiger partial charge in [0, 0.05) is 48.4 Å². The molecule has 0 spiro atoms. The number of anilines is 1. The fourth-order valence-corrected chi connectivity index (χ4v) is 4.68. The van der Waals surface area contributed by atoms with E-state index in [1.54, 1.807) is 0 Å². The highest BCUT2D eigenvalue weighted by molar-refractivity contribution is 6.06. The fraction of sp³-hybridized carbons (Fsp3) is 0.233. The number of hydrogen-bond donors (Lipinski definition) is 1. The lowest BCUT2D eigenvalue weighted by atomic mass is 9.95. The van der Waals surface area contributed by atoms with Crippen molar-refractivity contribution in [3.8, 4) is 0 Å². The minimum atomic E-state index is -0.498. The van der Waals surface area contributed by atoms with Crippen molar-refractivity contribution >= 4 is 28.5 Å². The Hall–Kier alpha value is -4.03. The van der Waals surface area contributed by atoms with Crippen molar-refractivity contribution in [3.63, 3.8) is 0 Å². The molecule has 0 fully saturated rings. The van der Waals surface area contributed by atoms with Crippen molar-refractivity contribution in [2.75, 3.05) is 18.5 Å². The Morgan fingerprint density at radius 1 is 0.972 bits per heavy atom. The van der Waals surface area contributed by atoms with E-state index in [0.29, 0.717) is 17.8 Å². The molecule has 0 unspecified atom stereocenters. The lowest BCUT2D eigenvalue weighted by Gasteiger charge is -2.30. The number of nitrogens with one attached hydrogen (secondary N) is 1. The molecule has 1 amide bonds. The zero-order valence-electron chi connectivity index (χ0n) is 20.6. The molecule has 1 aliphatic heterocycles. The number of fused-ring (bicyclic) bond motifs is 2. The lowest BCUT2D eigenvalue weighted by molar-refractivity contribution is -0.119. The average Bonchev–Trinajstić information content (AvgIpc) is 2.88. The highest BCUT2D eigenvalue weighted by Gasteiger charge is 2.27. The maximum Gasteiger partial charge on any atom is 0.339 e. The first-order valence-corrected chi connectivity index (χ1v) is 12.2.